The van der Waals surface area contributed by atoms with Crippen LogP contribution in [0.4, 0.5) is 34.1 Å². The van der Waals surface area contributed by atoms with Crippen LogP contribution in [0, 0.1) is 6.92 Å². The molecule has 2 heteroatoms. The lowest BCUT2D eigenvalue weighted by molar-refractivity contribution is 0.669. The van der Waals surface area contributed by atoms with E-state index in [1.165, 1.54) is 11.1 Å². The number of benzene rings is 5. The Kier molecular flexibility index (Phi) is 7.65. The lowest BCUT2D eigenvalue weighted by Gasteiger charge is -2.29. The number of anilines is 6. The van der Waals surface area contributed by atoms with Crippen molar-refractivity contribution in [2.75, 3.05) is 9.80 Å². The molecule has 0 atom stereocenters. The molecule has 39 heavy (non-hydrogen) atoms. The van der Waals surface area contributed by atoms with Gasteiger partial charge >= 0.3 is 0 Å². The van der Waals surface area contributed by atoms with Crippen LogP contribution in [0.25, 0.3) is 0 Å². The summed E-state index contributed by atoms with van der Waals surface area (Å²) in [5.41, 5.74) is 9.30. The lowest BCUT2D eigenvalue weighted by Crippen LogP contribution is -2.14. The fourth-order valence-corrected chi connectivity index (χ4v) is 5.05. The number of nitrogens with zero attached hydrogens (tertiary/aromatic N) is 2. The first-order valence-corrected chi connectivity index (χ1v) is 13.6. The molecule has 5 aromatic carbocycles. The van der Waals surface area contributed by atoms with E-state index in [9.17, 15) is 0 Å². The number of aryl methyl sites for hydroxylation is 1. The second-order valence-corrected chi connectivity index (χ2v) is 10.5. The van der Waals surface area contributed by atoms with Crippen molar-refractivity contribution in [3.63, 3.8) is 0 Å². The summed E-state index contributed by atoms with van der Waals surface area (Å²) in [6.07, 6.45) is 4.38. The SMILES string of the molecule is C/C=C\C(C)(C)c1ccc(N(c2ccccc2)c2ccc(N(c3ccccc3)c3ccc(C)cc3)cc2)cc1. The molecule has 0 radical (unpaired) electrons. The van der Waals surface area contributed by atoms with Gasteiger partial charge in [0, 0.05) is 39.5 Å². The first-order chi connectivity index (χ1) is 19.0. The Morgan fingerprint density at radius 3 is 1.18 bits per heavy atom. The first kappa shape index (κ1) is 26.1. The van der Waals surface area contributed by atoms with Crippen LogP contribution in [-0.2, 0) is 5.41 Å². The first-order valence-electron chi connectivity index (χ1n) is 13.6. The van der Waals surface area contributed by atoms with E-state index in [2.05, 4.69) is 183 Å². The van der Waals surface area contributed by atoms with Crippen molar-refractivity contribution in [3.8, 4) is 0 Å². The van der Waals surface area contributed by atoms with E-state index in [1.54, 1.807) is 0 Å². The Morgan fingerprint density at radius 1 is 0.462 bits per heavy atom. The van der Waals surface area contributed by atoms with Gasteiger partial charge in [0.2, 0.25) is 0 Å². The van der Waals surface area contributed by atoms with E-state index < -0.39 is 0 Å². The molecular formula is C37H36N2. The van der Waals surface area contributed by atoms with E-state index in [0.29, 0.717) is 0 Å². The van der Waals surface area contributed by atoms with Gasteiger partial charge in [-0.05, 0) is 92.2 Å². The predicted molar refractivity (Wildman–Crippen MR) is 168 cm³/mol. The Labute approximate surface area is 233 Å². The van der Waals surface area contributed by atoms with E-state index in [-0.39, 0.29) is 5.41 Å². The normalized spacial score (nSPS) is 11.5. The quantitative estimate of drug-likeness (QED) is 0.192. The van der Waals surface area contributed by atoms with Crippen molar-refractivity contribution in [2.45, 2.75) is 33.1 Å². The highest BCUT2D eigenvalue weighted by molar-refractivity contribution is 5.81. The molecule has 0 amide bonds. The maximum atomic E-state index is 2.31. The largest absolute Gasteiger partial charge is 0.311 e. The minimum atomic E-state index is -0.0105. The summed E-state index contributed by atoms with van der Waals surface area (Å²) >= 11 is 0. The number of allylic oxidation sites excluding steroid dienone is 2. The molecule has 0 spiro atoms. The molecule has 0 saturated heterocycles. The van der Waals surface area contributed by atoms with Crippen LogP contribution in [0.3, 0.4) is 0 Å². The summed E-state index contributed by atoms with van der Waals surface area (Å²) < 4.78 is 0. The number of hydrogen-bond donors (Lipinski definition) is 0. The molecule has 0 saturated carbocycles. The zero-order valence-corrected chi connectivity index (χ0v) is 23.3. The Bertz CT molecular complexity index is 1500. The number of para-hydroxylation sites is 2. The zero-order chi connectivity index (χ0) is 27.2. The third kappa shape index (κ3) is 5.81. The fraction of sp³-hybridized carbons (Fsp3) is 0.135. The summed E-state index contributed by atoms with van der Waals surface area (Å²) in [7, 11) is 0. The molecule has 5 aromatic rings. The van der Waals surface area contributed by atoms with Crippen molar-refractivity contribution in [1.82, 2.24) is 0 Å². The Balaban J connectivity index is 1.54. The zero-order valence-electron chi connectivity index (χ0n) is 23.3. The molecule has 2 nitrogen and oxygen atoms in total. The number of hydrogen-bond acceptors (Lipinski definition) is 2. The molecular weight excluding hydrogens is 472 g/mol. The van der Waals surface area contributed by atoms with Crippen molar-refractivity contribution < 1.29 is 0 Å². The van der Waals surface area contributed by atoms with Gasteiger partial charge in [-0.15, -0.1) is 0 Å². The van der Waals surface area contributed by atoms with Gasteiger partial charge in [-0.3, -0.25) is 0 Å². The van der Waals surface area contributed by atoms with Gasteiger partial charge < -0.3 is 9.80 Å². The van der Waals surface area contributed by atoms with Gasteiger partial charge in [0.15, 0.2) is 0 Å². The highest BCUT2D eigenvalue weighted by Gasteiger charge is 2.19. The van der Waals surface area contributed by atoms with Crippen molar-refractivity contribution >= 4 is 34.1 Å². The third-order valence-corrected chi connectivity index (χ3v) is 7.14. The molecule has 0 heterocycles. The predicted octanol–water partition coefficient (Wildman–Crippen LogP) is 10.8. The van der Waals surface area contributed by atoms with Crippen molar-refractivity contribution in [2.24, 2.45) is 0 Å². The summed E-state index contributed by atoms with van der Waals surface area (Å²) in [4.78, 5) is 4.61. The highest BCUT2D eigenvalue weighted by Crippen LogP contribution is 2.39. The van der Waals surface area contributed by atoms with Crippen LogP contribution >= 0.6 is 0 Å². The summed E-state index contributed by atoms with van der Waals surface area (Å²) in [5, 5.41) is 0. The molecule has 0 N–H and O–H groups in total. The average molecular weight is 509 g/mol. The second-order valence-electron chi connectivity index (χ2n) is 10.5. The van der Waals surface area contributed by atoms with Gasteiger partial charge in [0.1, 0.15) is 0 Å². The van der Waals surface area contributed by atoms with Gasteiger partial charge in [-0.25, -0.2) is 0 Å². The molecule has 0 aliphatic heterocycles. The Morgan fingerprint density at radius 2 is 0.795 bits per heavy atom. The second kappa shape index (κ2) is 11.4. The fourth-order valence-electron chi connectivity index (χ4n) is 5.05. The van der Waals surface area contributed by atoms with E-state index >= 15 is 0 Å². The maximum absolute atomic E-state index is 2.31. The summed E-state index contributed by atoms with van der Waals surface area (Å²) in [6, 6.07) is 47.6. The van der Waals surface area contributed by atoms with Gasteiger partial charge in [0.05, 0.1) is 0 Å². The topological polar surface area (TPSA) is 6.48 Å². The summed E-state index contributed by atoms with van der Waals surface area (Å²) in [6.45, 7) is 8.71. The van der Waals surface area contributed by atoms with Crippen molar-refractivity contribution in [1.29, 1.82) is 0 Å². The molecule has 5 rings (SSSR count). The van der Waals surface area contributed by atoms with Crippen LogP contribution in [0.5, 0.6) is 0 Å². The van der Waals surface area contributed by atoms with Gasteiger partial charge in [0.25, 0.3) is 0 Å². The van der Waals surface area contributed by atoms with Crippen LogP contribution < -0.4 is 9.80 Å². The van der Waals surface area contributed by atoms with E-state index in [0.717, 1.165) is 34.1 Å². The lowest BCUT2D eigenvalue weighted by atomic mass is 9.84. The molecule has 0 aliphatic rings. The Hall–Kier alpha value is -4.56. The van der Waals surface area contributed by atoms with E-state index in [1.807, 2.05) is 0 Å². The number of rotatable bonds is 8. The van der Waals surface area contributed by atoms with Crippen molar-refractivity contribution in [3.05, 3.63) is 157 Å². The van der Waals surface area contributed by atoms with Crippen LogP contribution in [0.1, 0.15) is 31.9 Å². The van der Waals surface area contributed by atoms with Gasteiger partial charge in [-0.2, -0.15) is 0 Å². The molecule has 194 valence electrons. The third-order valence-electron chi connectivity index (χ3n) is 7.14. The van der Waals surface area contributed by atoms with Gasteiger partial charge in [-0.1, -0.05) is 92.2 Å². The minimum absolute atomic E-state index is 0.0105. The smallest absolute Gasteiger partial charge is 0.0463 e. The van der Waals surface area contributed by atoms with Crippen LogP contribution in [0.15, 0.2) is 146 Å². The van der Waals surface area contributed by atoms with Crippen LogP contribution in [0.2, 0.25) is 0 Å². The minimum Gasteiger partial charge on any atom is -0.311 e. The van der Waals surface area contributed by atoms with E-state index in [4.69, 9.17) is 0 Å². The maximum Gasteiger partial charge on any atom is 0.0463 e. The standard InChI is InChI=1S/C37H36N2/c1-5-28-37(3,4)30-18-22-34(23-19-30)39(32-14-10-7-11-15-32)36-26-24-35(25-27-36)38(31-12-8-6-9-13-31)33-20-16-29(2)17-21-33/h5-28H,1-4H3/b28-5-. The molecule has 0 bridgehead atoms. The highest BCUT2D eigenvalue weighted by atomic mass is 15.2. The van der Waals surface area contributed by atoms with Crippen LogP contribution in [-0.4, -0.2) is 0 Å². The molecule has 0 fully saturated rings. The average Bonchev–Trinajstić information content (AvgIpc) is 2.97. The summed E-state index contributed by atoms with van der Waals surface area (Å²) in [5.74, 6) is 0. The molecule has 0 unspecified atom stereocenters. The molecule has 0 aliphatic carbocycles. The monoisotopic (exact) mass is 508 g/mol. The molecule has 0 aromatic heterocycles.